The molecule has 0 spiro atoms. The summed E-state index contributed by atoms with van der Waals surface area (Å²) in [6.07, 6.45) is 7.86. The molecule has 6 nitrogen and oxygen atoms in total. The van der Waals surface area contributed by atoms with Gasteiger partial charge in [0, 0.05) is 16.1 Å². The van der Waals surface area contributed by atoms with Gasteiger partial charge in [0.2, 0.25) is 0 Å². The molecule has 2 aromatic heterocycles. The van der Waals surface area contributed by atoms with Gasteiger partial charge in [-0.3, -0.25) is 9.36 Å². The van der Waals surface area contributed by atoms with E-state index >= 15 is 0 Å². The Labute approximate surface area is 149 Å². The van der Waals surface area contributed by atoms with Crippen molar-refractivity contribution < 1.29 is 4.79 Å². The second-order valence-electron chi connectivity index (χ2n) is 6.24. The van der Waals surface area contributed by atoms with Crippen LogP contribution in [0, 0.1) is 0 Å². The van der Waals surface area contributed by atoms with E-state index in [-0.39, 0.29) is 11.9 Å². The summed E-state index contributed by atoms with van der Waals surface area (Å²) in [6, 6.07) is 7.32. The number of carbonyl (C=O) groups excluding carboxylic acids is 1. The third-order valence-corrected chi connectivity index (χ3v) is 5.75. The summed E-state index contributed by atoms with van der Waals surface area (Å²) in [5.74, 6) is -0.101. The highest BCUT2D eigenvalue weighted by atomic mass is 32.1. The van der Waals surface area contributed by atoms with Gasteiger partial charge < -0.3 is 5.32 Å². The Morgan fingerprint density at radius 3 is 2.84 bits per heavy atom. The van der Waals surface area contributed by atoms with Crippen LogP contribution in [0.4, 0.5) is 0 Å². The molecule has 0 unspecified atom stereocenters. The second-order valence-corrected chi connectivity index (χ2v) is 7.36. The lowest BCUT2D eigenvalue weighted by Crippen LogP contribution is -2.26. The van der Waals surface area contributed by atoms with Crippen molar-refractivity contribution in [3.05, 3.63) is 58.1 Å². The van der Waals surface area contributed by atoms with Crippen LogP contribution in [0.5, 0.6) is 0 Å². The van der Waals surface area contributed by atoms with Crippen molar-refractivity contribution >= 4 is 17.2 Å². The topological polar surface area (TPSA) is 72.7 Å². The Morgan fingerprint density at radius 1 is 1.24 bits per heavy atom. The monoisotopic (exact) mass is 353 g/mol. The number of rotatable bonds is 4. The molecule has 1 aliphatic rings. The van der Waals surface area contributed by atoms with Crippen molar-refractivity contribution in [2.45, 2.75) is 38.6 Å². The van der Waals surface area contributed by atoms with E-state index in [1.807, 2.05) is 31.2 Å². The van der Waals surface area contributed by atoms with E-state index in [9.17, 15) is 4.79 Å². The normalized spacial score (nSPS) is 14.8. The number of carbonyl (C=O) groups is 1. The average Bonchev–Trinajstić information content (AvgIpc) is 3.31. The lowest BCUT2D eigenvalue weighted by molar-refractivity contribution is 0.0939. The highest BCUT2D eigenvalue weighted by Gasteiger charge is 2.20. The molecule has 0 fully saturated rings. The molecule has 1 N–H and O–H groups in total. The highest BCUT2D eigenvalue weighted by molar-refractivity contribution is 7.11. The van der Waals surface area contributed by atoms with Crippen LogP contribution in [0.2, 0.25) is 0 Å². The van der Waals surface area contributed by atoms with Crippen molar-refractivity contribution in [1.82, 2.24) is 25.1 Å². The Hall–Kier alpha value is -2.54. The van der Waals surface area contributed by atoms with E-state index in [0.29, 0.717) is 5.56 Å². The number of aromatic nitrogens is 4. The third kappa shape index (κ3) is 3.32. The molecule has 4 rings (SSSR count). The smallest absolute Gasteiger partial charge is 0.251 e. The van der Waals surface area contributed by atoms with Crippen LogP contribution in [-0.2, 0) is 12.8 Å². The number of hydrogen-bond acceptors (Lipinski definition) is 5. The summed E-state index contributed by atoms with van der Waals surface area (Å²) in [6.45, 7) is 1.99. The summed E-state index contributed by atoms with van der Waals surface area (Å²) in [5, 5.41) is 11.7. The first-order valence-corrected chi connectivity index (χ1v) is 9.27. The van der Waals surface area contributed by atoms with Gasteiger partial charge in [0.25, 0.3) is 5.91 Å². The first-order chi connectivity index (χ1) is 12.2. The van der Waals surface area contributed by atoms with Gasteiger partial charge in [0.1, 0.15) is 17.7 Å². The van der Waals surface area contributed by atoms with Crippen LogP contribution in [0.3, 0.4) is 0 Å². The zero-order valence-corrected chi connectivity index (χ0v) is 14.8. The summed E-state index contributed by atoms with van der Waals surface area (Å²) >= 11 is 1.74. The van der Waals surface area contributed by atoms with Gasteiger partial charge in [-0.15, -0.1) is 21.5 Å². The third-order valence-electron chi connectivity index (χ3n) is 4.41. The number of aryl methyl sites for hydroxylation is 2. The van der Waals surface area contributed by atoms with E-state index in [2.05, 4.69) is 15.5 Å². The largest absolute Gasteiger partial charge is 0.343 e. The summed E-state index contributed by atoms with van der Waals surface area (Å²) in [5.41, 5.74) is 2.69. The number of amides is 1. The maximum atomic E-state index is 12.6. The maximum Gasteiger partial charge on any atom is 0.251 e. The molecule has 0 saturated heterocycles. The minimum absolute atomic E-state index is 0.0957. The van der Waals surface area contributed by atoms with Gasteiger partial charge in [0.15, 0.2) is 0 Å². The second kappa shape index (κ2) is 6.76. The van der Waals surface area contributed by atoms with E-state index in [1.165, 1.54) is 23.4 Å². The van der Waals surface area contributed by atoms with Gasteiger partial charge in [-0.2, -0.15) is 0 Å². The zero-order valence-electron chi connectivity index (χ0n) is 14.0. The van der Waals surface area contributed by atoms with Crippen molar-refractivity contribution in [2.24, 2.45) is 0 Å². The number of nitrogens with one attached hydrogen (secondary N) is 1. The number of nitrogens with zero attached hydrogens (tertiary/aromatic N) is 4. The molecular weight excluding hydrogens is 334 g/mol. The van der Waals surface area contributed by atoms with E-state index < -0.39 is 0 Å². The molecule has 0 aliphatic heterocycles. The number of benzene rings is 1. The highest BCUT2D eigenvalue weighted by Crippen LogP contribution is 2.29. The van der Waals surface area contributed by atoms with Crippen LogP contribution in [0.15, 0.2) is 36.9 Å². The first kappa shape index (κ1) is 16.0. The number of thiazole rings is 1. The van der Waals surface area contributed by atoms with Crippen LogP contribution in [0.25, 0.3) is 5.69 Å². The summed E-state index contributed by atoms with van der Waals surface area (Å²) in [4.78, 5) is 18.7. The van der Waals surface area contributed by atoms with Crippen molar-refractivity contribution in [3.63, 3.8) is 0 Å². The van der Waals surface area contributed by atoms with Crippen LogP contribution in [0.1, 0.15) is 51.7 Å². The molecular formula is C18H19N5OS. The fourth-order valence-corrected chi connectivity index (χ4v) is 4.20. The van der Waals surface area contributed by atoms with Crippen molar-refractivity contribution in [2.75, 3.05) is 0 Å². The molecule has 7 heteroatoms. The molecule has 1 aromatic carbocycles. The number of fused-ring (bicyclic) bond motifs is 1. The molecule has 1 aliphatic carbocycles. The minimum Gasteiger partial charge on any atom is -0.343 e. The molecule has 0 saturated carbocycles. The van der Waals surface area contributed by atoms with Gasteiger partial charge in [0.05, 0.1) is 11.7 Å². The Morgan fingerprint density at radius 2 is 2.04 bits per heavy atom. The van der Waals surface area contributed by atoms with Gasteiger partial charge >= 0.3 is 0 Å². The lowest BCUT2D eigenvalue weighted by atomic mass is 10.0. The van der Waals surface area contributed by atoms with Crippen LogP contribution < -0.4 is 5.32 Å². The lowest BCUT2D eigenvalue weighted by Gasteiger charge is -2.12. The Balaban J connectivity index is 1.50. The SMILES string of the molecule is C[C@H](NC(=O)c1cccc(-n2cnnc2)c1)c1nc2c(s1)CCCC2. The van der Waals surface area contributed by atoms with Gasteiger partial charge in [-0.05, 0) is 50.8 Å². The molecule has 3 aromatic rings. The number of hydrogen-bond donors (Lipinski definition) is 1. The zero-order chi connectivity index (χ0) is 17.2. The van der Waals surface area contributed by atoms with Crippen LogP contribution in [-0.4, -0.2) is 25.7 Å². The van der Waals surface area contributed by atoms with Gasteiger partial charge in [-0.25, -0.2) is 4.98 Å². The molecule has 1 amide bonds. The predicted octanol–water partition coefficient (Wildman–Crippen LogP) is 3.09. The van der Waals surface area contributed by atoms with E-state index in [4.69, 9.17) is 4.98 Å². The molecule has 25 heavy (non-hydrogen) atoms. The average molecular weight is 353 g/mol. The van der Waals surface area contributed by atoms with E-state index in [0.717, 1.165) is 23.5 Å². The first-order valence-electron chi connectivity index (χ1n) is 8.45. The van der Waals surface area contributed by atoms with Crippen molar-refractivity contribution in [3.8, 4) is 5.69 Å². The van der Waals surface area contributed by atoms with E-state index in [1.54, 1.807) is 28.6 Å². The minimum atomic E-state index is -0.101. The molecule has 2 heterocycles. The summed E-state index contributed by atoms with van der Waals surface area (Å²) in [7, 11) is 0. The van der Waals surface area contributed by atoms with Gasteiger partial charge in [-0.1, -0.05) is 6.07 Å². The standard InChI is InChI=1S/C18H19N5OS/c1-12(18-22-15-7-2-3-8-16(15)25-18)21-17(24)13-5-4-6-14(9-13)23-10-19-20-11-23/h4-6,9-12H,2-3,7-8H2,1H3,(H,21,24)/t12-/m0/s1. The molecule has 0 radical (unpaired) electrons. The fourth-order valence-electron chi connectivity index (χ4n) is 3.04. The Kier molecular flexibility index (Phi) is 4.31. The van der Waals surface area contributed by atoms with Crippen LogP contribution >= 0.6 is 11.3 Å². The summed E-state index contributed by atoms with van der Waals surface area (Å²) < 4.78 is 1.77. The molecule has 128 valence electrons. The predicted molar refractivity (Wildman–Crippen MR) is 96.0 cm³/mol. The maximum absolute atomic E-state index is 12.6. The fraction of sp³-hybridized carbons (Fsp3) is 0.333. The molecule has 0 bridgehead atoms. The Bertz CT molecular complexity index is 863. The van der Waals surface area contributed by atoms with Crippen molar-refractivity contribution in [1.29, 1.82) is 0 Å². The molecule has 1 atom stereocenters. The quantitative estimate of drug-likeness (QED) is 0.782.